The van der Waals surface area contributed by atoms with E-state index >= 15 is 0 Å². The van der Waals surface area contributed by atoms with Crippen molar-refractivity contribution < 1.29 is 4.42 Å². The first kappa shape index (κ1) is 13.9. The molecule has 102 valence electrons. The number of benzene rings is 1. The Morgan fingerprint density at radius 3 is 2.00 bits per heavy atom. The summed E-state index contributed by atoms with van der Waals surface area (Å²) in [7, 11) is 0. The quantitative estimate of drug-likeness (QED) is 0.701. The molecule has 2 heteroatoms. The van der Waals surface area contributed by atoms with E-state index in [0.717, 1.165) is 11.3 Å². The van der Waals surface area contributed by atoms with Crippen molar-refractivity contribution in [2.45, 2.75) is 52.4 Å². The van der Waals surface area contributed by atoms with Crippen LogP contribution in [0.25, 0.3) is 11.0 Å². The molecular weight excluding hydrogens is 236 g/mol. The third-order valence-electron chi connectivity index (χ3n) is 3.23. The first-order valence-corrected chi connectivity index (χ1v) is 6.69. The molecule has 0 fully saturated rings. The highest BCUT2D eigenvalue weighted by Gasteiger charge is 2.31. The molecule has 2 aromatic rings. The molecule has 0 atom stereocenters. The summed E-state index contributed by atoms with van der Waals surface area (Å²) < 4.78 is 6.06. The van der Waals surface area contributed by atoms with Crippen molar-refractivity contribution in [2.24, 2.45) is 0 Å². The van der Waals surface area contributed by atoms with Gasteiger partial charge in [0.2, 0.25) is 0 Å². The molecule has 0 aliphatic carbocycles. The molecule has 1 heterocycles. The fourth-order valence-corrected chi connectivity index (χ4v) is 2.35. The van der Waals surface area contributed by atoms with Gasteiger partial charge in [-0.05, 0) is 17.5 Å². The largest absolute Gasteiger partial charge is 0.460 e. The molecule has 0 saturated heterocycles. The molecule has 1 aromatic carbocycles. The van der Waals surface area contributed by atoms with Gasteiger partial charge in [-0.1, -0.05) is 53.7 Å². The predicted molar refractivity (Wildman–Crippen MR) is 79.9 cm³/mol. The smallest absolute Gasteiger partial charge is 0.196 e. The zero-order valence-corrected chi connectivity index (χ0v) is 12.6. The lowest BCUT2D eigenvalue weighted by Gasteiger charge is -2.27. The van der Waals surface area contributed by atoms with Crippen LogP contribution < -0.4 is 5.43 Å². The van der Waals surface area contributed by atoms with Gasteiger partial charge >= 0.3 is 0 Å². The van der Waals surface area contributed by atoms with Crippen LogP contribution in [0.4, 0.5) is 0 Å². The molecule has 2 nitrogen and oxygen atoms in total. The minimum atomic E-state index is -0.229. The summed E-state index contributed by atoms with van der Waals surface area (Å²) in [5.41, 5.74) is 1.14. The highest BCUT2D eigenvalue weighted by Crippen LogP contribution is 2.33. The Labute approximate surface area is 114 Å². The predicted octanol–water partition coefficient (Wildman–Crippen LogP) is 4.39. The summed E-state index contributed by atoms with van der Waals surface area (Å²) in [6.45, 7) is 12.4. The average molecular weight is 258 g/mol. The zero-order chi connectivity index (χ0) is 14.4. The molecule has 1 aromatic heterocycles. The molecule has 0 amide bonds. The molecule has 0 radical (unpaired) electrons. The molecule has 0 bridgehead atoms. The minimum Gasteiger partial charge on any atom is -0.460 e. The van der Waals surface area contributed by atoms with Crippen LogP contribution in [0.1, 0.15) is 52.9 Å². The summed E-state index contributed by atoms with van der Waals surface area (Å²) >= 11 is 0. The van der Waals surface area contributed by atoms with Crippen LogP contribution in [0, 0.1) is 0 Å². The van der Waals surface area contributed by atoms with Gasteiger partial charge < -0.3 is 4.42 Å². The van der Waals surface area contributed by atoms with Gasteiger partial charge in [0.15, 0.2) is 5.43 Å². The maximum atomic E-state index is 12.8. The van der Waals surface area contributed by atoms with E-state index in [1.54, 1.807) is 0 Å². The number of rotatable bonds is 0. The highest BCUT2D eigenvalue weighted by molar-refractivity contribution is 5.77. The standard InChI is InChI=1S/C17H22O2/c1-16(2,3)13-14(18)11-9-7-8-10-12(11)19-15(13)17(4,5)6/h7-10H,1-6H3. The second kappa shape index (κ2) is 4.22. The average Bonchev–Trinajstić information content (AvgIpc) is 2.26. The van der Waals surface area contributed by atoms with Crippen molar-refractivity contribution >= 4 is 11.0 Å². The number of para-hydroxylation sites is 1. The van der Waals surface area contributed by atoms with E-state index in [9.17, 15) is 4.79 Å². The second-order valence-corrected chi connectivity index (χ2v) is 7.13. The lowest BCUT2D eigenvalue weighted by atomic mass is 9.78. The summed E-state index contributed by atoms with van der Waals surface area (Å²) in [6, 6.07) is 7.47. The van der Waals surface area contributed by atoms with Crippen molar-refractivity contribution in [3.63, 3.8) is 0 Å². The van der Waals surface area contributed by atoms with E-state index in [4.69, 9.17) is 4.42 Å². The van der Waals surface area contributed by atoms with Gasteiger partial charge in [-0.3, -0.25) is 4.79 Å². The van der Waals surface area contributed by atoms with E-state index < -0.39 is 0 Å². The van der Waals surface area contributed by atoms with E-state index in [2.05, 4.69) is 41.5 Å². The molecule has 0 spiro atoms. The monoisotopic (exact) mass is 258 g/mol. The molecule has 0 aliphatic rings. The summed E-state index contributed by atoms with van der Waals surface area (Å²) in [6.07, 6.45) is 0. The first-order valence-electron chi connectivity index (χ1n) is 6.69. The van der Waals surface area contributed by atoms with Crippen molar-refractivity contribution in [1.29, 1.82) is 0 Å². The SMILES string of the molecule is CC(C)(C)c1oc2ccccc2c(=O)c1C(C)(C)C. The lowest BCUT2D eigenvalue weighted by molar-refractivity contribution is 0.394. The maximum Gasteiger partial charge on any atom is 0.196 e. The van der Waals surface area contributed by atoms with Gasteiger partial charge in [0.1, 0.15) is 11.3 Å². The molecule has 2 rings (SSSR count). The van der Waals surface area contributed by atoms with Gasteiger partial charge in [-0.2, -0.15) is 0 Å². The Bertz CT molecular complexity index is 664. The van der Waals surface area contributed by atoms with Gasteiger partial charge in [-0.25, -0.2) is 0 Å². The first-order chi connectivity index (χ1) is 8.62. The Morgan fingerprint density at radius 1 is 0.895 bits per heavy atom. The number of hydrogen-bond acceptors (Lipinski definition) is 2. The maximum absolute atomic E-state index is 12.8. The van der Waals surface area contributed by atoms with Crippen LogP contribution in [-0.4, -0.2) is 0 Å². The van der Waals surface area contributed by atoms with Crippen LogP contribution in [0.5, 0.6) is 0 Å². The molecule has 19 heavy (non-hydrogen) atoms. The Kier molecular flexibility index (Phi) is 3.08. The van der Waals surface area contributed by atoms with Gasteiger partial charge in [0.05, 0.1) is 5.39 Å². The molecular formula is C17H22O2. The van der Waals surface area contributed by atoms with Crippen molar-refractivity contribution in [3.05, 3.63) is 45.8 Å². The summed E-state index contributed by atoms with van der Waals surface area (Å²) in [4.78, 5) is 12.8. The molecule has 0 saturated carbocycles. The second-order valence-electron chi connectivity index (χ2n) is 7.13. The van der Waals surface area contributed by atoms with Gasteiger partial charge in [-0.15, -0.1) is 0 Å². The van der Waals surface area contributed by atoms with Crippen LogP contribution >= 0.6 is 0 Å². The Morgan fingerprint density at radius 2 is 1.47 bits per heavy atom. The fourth-order valence-electron chi connectivity index (χ4n) is 2.35. The normalized spacial score (nSPS) is 12.9. The van der Waals surface area contributed by atoms with Gasteiger partial charge in [0, 0.05) is 11.0 Å². The van der Waals surface area contributed by atoms with Crippen LogP contribution in [0.15, 0.2) is 33.5 Å². The third kappa shape index (κ3) is 2.44. The highest BCUT2D eigenvalue weighted by atomic mass is 16.3. The van der Waals surface area contributed by atoms with Crippen LogP contribution in [-0.2, 0) is 10.8 Å². The van der Waals surface area contributed by atoms with Crippen molar-refractivity contribution in [1.82, 2.24) is 0 Å². The van der Waals surface area contributed by atoms with E-state index in [0.29, 0.717) is 11.0 Å². The lowest BCUT2D eigenvalue weighted by Crippen LogP contribution is -2.29. The molecule has 0 unspecified atom stereocenters. The minimum absolute atomic E-state index is 0.0966. The fraction of sp³-hybridized carbons (Fsp3) is 0.471. The number of hydrogen-bond donors (Lipinski definition) is 0. The van der Waals surface area contributed by atoms with Crippen LogP contribution in [0.3, 0.4) is 0 Å². The third-order valence-corrected chi connectivity index (χ3v) is 3.23. The van der Waals surface area contributed by atoms with E-state index in [1.165, 1.54) is 0 Å². The van der Waals surface area contributed by atoms with E-state index in [1.807, 2.05) is 24.3 Å². The summed E-state index contributed by atoms with van der Waals surface area (Å²) in [5.74, 6) is 0.795. The van der Waals surface area contributed by atoms with Crippen molar-refractivity contribution in [3.8, 4) is 0 Å². The van der Waals surface area contributed by atoms with Crippen molar-refractivity contribution in [2.75, 3.05) is 0 Å². The summed E-state index contributed by atoms with van der Waals surface area (Å²) in [5, 5.41) is 0.667. The number of fused-ring (bicyclic) bond motifs is 1. The zero-order valence-electron chi connectivity index (χ0n) is 12.6. The molecule has 0 aliphatic heterocycles. The Balaban J connectivity index is 2.98. The molecule has 0 N–H and O–H groups in total. The Hall–Kier alpha value is -1.57. The van der Waals surface area contributed by atoms with Crippen LogP contribution in [0.2, 0.25) is 0 Å². The van der Waals surface area contributed by atoms with Gasteiger partial charge in [0.25, 0.3) is 0 Å². The topological polar surface area (TPSA) is 30.2 Å². The van der Waals surface area contributed by atoms with E-state index in [-0.39, 0.29) is 16.3 Å².